The predicted molar refractivity (Wildman–Crippen MR) is 78.5 cm³/mol. The van der Waals surface area contributed by atoms with Gasteiger partial charge in [0.1, 0.15) is 30.8 Å². The second kappa shape index (κ2) is 9.58. The van der Waals surface area contributed by atoms with Gasteiger partial charge in [-0.15, -0.1) is 0 Å². The molecule has 0 saturated heterocycles. The van der Waals surface area contributed by atoms with Gasteiger partial charge in [0.05, 0.1) is 6.61 Å². The van der Waals surface area contributed by atoms with Crippen LogP contribution in [0.4, 0.5) is 0 Å². The molecule has 0 spiro atoms. The molecule has 1 aromatic rings. The number of hydrogen-bond acceptors (Lipinski definition) is 5. The van der Waals surface area contributed by atoms with Crippen LogP contribution in [0.3, 0.4) is 0 Å². The van der Waals surface area contributed by atoms with Gasteiger partial charge in [0.25, 0.3) is 0 Å². The third-order valence-corrected chi connectivity index (χ3v) is 2.58. The predicted octanol–water partition coefficient (Wildman–Crippen LogP) is 1.45. The lowest BCUT2D eigenvalue weighted by molar-refractivity contribution is 0.104. The van der Waals surface area contributed by atoms with Gasteiger partial charge in [0.2, 0.25) is 0 Å². The molecule has 5 nitrogen and oxygen atoms in total. The second-order valence-corrected chi connectivity index (χ2v) is 4.84. The molecule has 1 atom stereocenters. The van der Waals surface area contributed by atoms with Crippen molar-refractivity contribution in [2.45, 2.75) is 26.0 Å². The van der Waals surface area contributed by atoms with Gasteiger partial charge < -0.3 is 24.6 Å². The lowest BCUT2D eigenvalue weighted by atomic mass is 10.3. The van der Waals surface area contributed by atoms with Gasteiger partial charge in [-0.25, -0.2) is 0 Å². The van der Waals surface area contributed by atoms with Crippen molar-refractivity contribution >= 4 is 0 Å². The van der Waals surface area contributed by atoms with E-state index in [0.717, 1.165) is 5.75 Å². The molecule has 0 aliphatic rings. The highest BCUT2D eigenvalue weighted by Crippen LogP contribution is 2.17. The molecule has 0 fully saturated rings. The Bertz CT molecular complexity index is 353. The van der Waals surface area contributed by atoms with Gasteiger partial charge >= 0.3 is 0 Å². The van der Waals surface area contributed by atoms with Crippen LogP contribution in [0.25, 0.3) is 0 Å². The number of rotatable bonds is 10. The van der Waals surface area contributed by atoms with Crippen LogP contribution in [-0.2, 0) is 4.74 Å². The van der Waals surface area contributed by atoms with Crippen LogP contribution < -0.4 is 14.8 Å². The molecule has 0 radical (unpaired) electrons. The fourth-order valence-corrected chi connectivity index (χ4v) is 1.50. The third-order valence-electron chi connectivity index (χ3n) is 2.58. The van der Waals surface area contributed by atoms with Crippen molar-refractivity contribution in [1.82, 2.24) is 5.32 Å². The number of benzene rings is 1. The summed E-state index contributed by atoms with van der Waals surface area (Å²) in [5, 5.41) is 12.9. The normalized spacial score (nSPS) is 12.4. The van der Waals surface area contributed by atoms with Crippen LogP contribution in [-0.4, -0.2) is 50.7 Å². The van der Waals surface area contributed by atoms with E-state index in [0.29, 0.717) is 31.5 Å². The average molecular weight is 283 g/mol. The molecule has 0 saturated carbocycles. The Morgan fingerprint density at radius 2 is 1.65 bits per heavy atom. The monoisotopic (exact) mass is 283 g/mol. The lowest BCUT2D eigenvalue weighted by Crippen LogP contribution is -2.35. The first-order valence-corrected chi connectivity index (χ1v) is 6.88. The molecule has 1 aromatic carbocycles. The summed E-state index contributed by atoms with van der Waals surface area (Å²) in [5.74, 6) is 1.49. The Morgan fingerprint density at radius 3 is 2.20 bits per heavy atom. The van der Waals surface area contributed by atoms with Crippen LogP contribution in [0.1, 0.15) is 13.8 Å². The number of aliphatic hydroxyl groups is 1. The van der Waals surface area contributed by atoms with E-state index in [-0.39, 0.29) is 6.61 Å². The molecule has 0 aromatic heterocycles. The molecule has 0 bridgehead atoms. The second-order valence-electron chi connectivity index (χ2n) is 4.84. The van der Waals surface area contributed by atoms with Gasteiger partial charge in [-0.05, 0) is 24.3 Å². The number of nitrogens with one attached hydrogen (secondary N) is 1. The third kappa shape index (κ3) is 7.33. The van der Waals surface area contributed by atoms with Crippen LogP contribution in [0, 0.1) is 0 Å². The average Bonchev–Trinajstić information content (AvgIpc) is 2.44. The Morgan fingerprint density at radius 1 is 1.05 bits per heavy atom. The smallest absolute Gasteiger partial charge is 0.119 e. The lowest BCUT2D eigenvalue weighted by Gasteiger charge is -2.15. The highest BCUT2D eigenvalue weighted by atomic mass is 16.5. The Balaban J connectivity index is 2.27. The highest BCUT2D eigenvalue weighted by molar-refractivity contribution is 5.31. The summed E-state index contributed by atoms with van der Waals surface area (Å²) in [5.41, 5.74) is 0. The fourth-order valence-electron chi connectivity index (χ4n) is 1.50. The summed E-state index contributed by atoms with van der Waals surface area (Å²) < 4.78 is 15.9. The summed E-state index contributed by atoms with van der Waals surface area (Å²) in [6, 6.07) is 7.68. The zero-order valence-corrected chi connectivity index (χ0v) is 12.5. The van der Waals surface area contributed by atoms with Gasteiger partial charge in [0, 0.05) is 19.7 Å². The minimum Gasteiger partial charge on any atom is -0.491 e. The number of aliphatic hydroxyl groups excluding tert-OH is 1. The van der Waals surface area contributed by atoms with Crippen LogP contribution in [0.15, 0.2) is 24.3 Å². The summed E-state index contributed by atoms with van der Waals surface area (Å²) >= 11 is 0. The molecule has 0 amide bonds. The molecule has 5 heteroatoms. The molecule has 0 aliphatic heterocycles. The standard InChI is InChI=1S/C15H25NO4/c1-12(2)16-10-13(17)11-20-15-6-4-14(5-7-15)19-9-8-18-3/h4-7,12-13,16-17H,8-11H2,1-3H3/t13-/m0/s1. The van der Waals surface area contributed by atoms with E-state index in [2.05, 4.69) is 5.32 Å². The Kier molecular flexibility index (Phi) is 8.02. The van der Waals surface area contributed by atoms with Crippen molar-refractivity contribution in [2.24, 2.45) is 0 Å². The van der Waals surface area contributed by atoms with Gasteiger partial charge in [-0.1, -0.05) is 13.8 Å². The summed E-state index contributed by atoms with van der Waals surface area (Å²) in [4.78, 5) is 0. The Hall–Kier alpha value is -1.30. The van der Waals surface area contributed by atoms with Gasteiger partial charge in [0.15, 0.2) is 0 Å². The number of methoxy groups -OCH3 is 1. The van der Waals surface area contributed by atoms with E-state index in [9.17, 15) is 5.11 Å². The van der Waals surface area contributed by atoms with Crippen molar-refractivity contribution in [3.05, 3.63) is 24.3 Å². The topological polar surface area (TPSA) is 60.0 Å². The van der Waals surface area contributed by atoms with Crippen LogP contribution in [0.5, 0.6) is 11.5 Å². The van der Waals surface area contributed by atoms with E-state index in [1.165, 1.54) is 0 Å². The zero-order valence-electron chi connectivity index (χ0n) is 12.5. The maximum atomic E-state index is 9.73. The van der Waals surface area contributed by atoms with Crippen LogP contribution in [0.2, 0.25) is 0 Å². The Labute approximate surface area is 120 Å². The van der Waals surface area contributed by atoms with E-state index < -0.39 is 6.10 Å². The van der Waals surface area contributed by atoms with Gasteiger partial charge in [-0.3, -0.25) is 0 Å². The first kappa shape index (κ1) is 16.8. The van der Waals surface area contributed by atoms with E-state index in [1.807, 2.05) is 38.1 Å². The highest BCUT2D eigenvalue weighted by Gasteiger charge is 2.06. The molecule has 0 heterocycles. The largest absolute Gasteiger partial charge is 0.491 e. The maximum absolute atomic E-state index is 9.73. The molecular weight excluding hydrogens is 258 g/mol. The molecule has 20 heavy (non-hydrogen) atoms. The molecule has 1 rings (SSSR count). The first-order valence-electron chi connectivity index (χ1n) is 6.88. The fraction of sp³-hybridized carbons (Fsp3) is 0.600. The summed E-state index contributed by atoms with van der Waals surface area (Å²) in [6.45, 7) is 5.95. The molecule has 0 aliphatic carbocycles. The molecule has 2 N–H and O–H groups in total. The van der Waals surface area contributed by atoms with E-state index in [4.69, 9.17) is 14.2 Å². The van der Waals surface area contributed by atoms with Crippen molar-refractivity contribution < 1.29 is 19.3 Å². The maximum Gasteiger partial charge on any atom is 0.119 e. The minimum atomic E-state index is -0.518. The van der Waals surface area contributed by atoms with Crippen molar-refractivity contribution in [3.63, 3.8) is 0 Å². The van der Waals surface area contributed by atoms with E-state index in [1.54, 1.807) is 7.11 Å². The molecular formula is C15H25NO4. The zero-order chi connectivity index (χ0) is 14.8. The SMILES string of the molecule is COCCOc1ccc(OC[C@@H](O)CNC(C)C)cc1. The van der Waals surface area contributed by atoms with E-state index >= 15 is 0 Å². The molecule has 114 valence electrons. The molecule has 0 unspecified atom stereocenters. The van der Waals surface area contributed by atoms with Gasteiger partial charge in [-0.2, -0.15) is 0 Å². The van der Waals surface area contributed by atoms with Crippen molar-refractivity contribution in [2.75, 3.05) is 33.5 Å². The number of hydrogen-bond donors (Lipinski definition) is 2. The minimum absolute atomic E-state index is 0.267. The summed E-state index contributed by atoms with van der Waals surface area (Å²) in [6.07, 6.45) is -0.518. The van der Waals surface area contributed by atoms with Crippen molar-refractivity contribution in [1.29, 1.82) is 0 Å². The van der Waals surface area contributed by atoms with Crippen molar-refractivity contribution in [3.8, 4) is 11.5 Å². The first-order chi connectivity index (χ1) is 9.61. The van der Waals surface area contributed by atoms with Crippen LogP contribution >= 0.6 is 0 Å². The number of ether oxygens (including phenoxy) is 3. The summed E-state index contributed by atoms with van der Waals surface area (Å²) in [7, 11) is 1.64. The quantitative estimate of drug-likeness (QED) is 0.636.